The highest BCUT2D eigenvalue weighted by Gasteiger charge is 2.41. The molecule has 2 heterocycles. The van der Waals surface area contributed by atoms with Gasteiger partial charge in [-0.2, -0.15) is 0 Å². The molecule has 0 aromatic heterocycles. The SMILES string of the molecule is CNC1COCC1C(=O)N1CCC(C)(C(=O)O)CC1. The maximum Gasteiger partial charge on any atom is 0.309 e. The summed E-state index contributed by atoms with van der Waals surface area (Å²) in [5.41, 5.74) is -0.689. The van der Waals surface area contributed by atoms with Crippen molar-refractivity contribution in [3.63, 3.8) is 0 Å². The quantitative estimate of drug-likeness (QED) is 0.751. The van der Waals surface area contributed by atoms with Crippen LogP contribution in [0.2, 0.25) is 0 Å². The fourth-order valence-electron chi connectivity index (χ4n) is 2.75. The topological polar surface area (TPSA) is 78.9 Å². The van der Waals surface area contributed by atoms with Crippen molar-refractivity contribution in [2.75, 3.05) is 33.4 Å². The van der Waals surface area contributed by atoms with E-state index < -0.39 is 11.4 Å². The van der Waals surface area contributed by atoms with E-state index in [0.717, 1.165) is 0 Å². The molecule has 19 heavy (non-hydrogen) atoms. The molecule has 6 heteroatoms. The Morgan fingerprint density at radius 2 is 1.95 bits per heavy atom. The molecule has 2 aliphatic rings. The zero-order valence-electron chi connectivity index (χ0n) is 11.5. The maximum atomic E-state index is 12.4. The molecule has 2 saturated heterocycles. The number of rotatable bonds is 3. The smallest absolute Gasteiger partial charge is 0.309 e. The summed E-state index contributed by atoms with van der Waals surface area (Å²) in [6.45, 7) is 3.82. The number of likely N-dealkylation sites (tertiary alicyclic amines) is 1. The van der Waals surface area contributed by atoms with Crippen LogP contribution in [-0.4, -0.2) is 61.3 Å². The van der Waals surface area contributed by atoms with E-state index in [1.165, 1.54) is 0 Å². The fourth-order valence-corrected chi connectivity index (χ4v) is 2.75. The summed E-state index contributed by atoms with van der Waals surface area (Å²) in [7, 11) is 1.83. The van der Waals surface area contributed by atoms with Gasteiger partial charge in [-0.3, -0.25) is 9.59 Å². The first-order valence-corrected chi connectivity index (χ1v) is 6.75. The molecule has 6 nitrogen and oxygen atoms in total. The Bertz CT molecular complexity index is 364. The van der Waals surface area contributed by atoms with Crippen LogP contribution in [0.1, 0.15) is 19.8 Å². The molecule has 0 bridgehead atoms. The number of hydrogen-bond donors (Lipinski definition) is 2. The number of carbonyl (C=O) groups is 2. The summed E-state index contributed by atoms with van der Waals surface area (Å²) in [5, 5.41) is 12.3. The normalized spacial score (nSPS) is 30.3. The van der Waals surface area contributed by atoms with Crippen molar-refractivity contribution in [1.29, 1.82) is 0 Å². The van der Waals surface area contributed by atoms with Crippen molar-refractivity contribution in [2.45, 2.75) is 25.8 Å². The Kier molecular flexibility index (Phi) is 4.10. The van der Waals surface area contributed by atoms with E-state index in [-0.39, 0.29) is 17.9 Å². The van der Waals surface area contributed by atoms with E-state index in [9.17, 15) is 14.7 Å². The van der Waals surface area contributed by atoms with Crippen LogP contribution in [0.4, 0.5) is 0 Å². The second-order valence-corrected chi connectivity index (χ2v) is 5.73. The third-order valence-corrected chi connectivity index (χ3v) is 4.46. The predicted molar refractivity (Wildman–Crippen MR) is 68.7 cm³/mol. The van der Waals surface area contributed by atoms with Gasteiger partial charge < -0.3 is 20.1 Å². The molecule has 2 unspecified atom stereocenters. The highest BCUT2D eigenvalue weighted by Crippen LogP contribution is 2.32. The van der Waals surface area contributed by atoms with Crippen LogP contribution < -0.4 is 5.32 Å². The van der Waals surface area contributed by atoms with Gasteiger partial charge in [-0.05, 0) is 26.8 Å². The Morgan fingerprint density at radius 1 is 1.32 bits per heavy atom. The number of carboxylic acid groups (broad SMARTS) is 1. The number of piperidine rings is 1. The predicted octanol–water partition coefficient (Wildman–Crippen LogP) is -0.0659. The van der Waals surface area contributed by atoms with Crippen molar-refractivity contribution in [1.82, 2.24) is 10.2 Å². The molecule has 108 valence electrons. The number of aliphatic carboxylic acids is 1. The summed E-state index contributed by atoms with van der Waals surface area (Å²) >= 11 is 0. The second kappa shape index (κ2) is 5.46. The van der Waals surface area contributed by atoms with Crippen molar-refractivity contribution >= 4 is 11.9 Å². The molecule has 0 aromatic carbocycles. The maximum absolute atomic E-state index is 12.4. The summed E-state index contributed by atoms with van der Waals surface area (Å²) < 4.78 is 5.35. The molecule has 2 atom stereocenters. The average Bonchev–Trinajstić information content (AvgIpc) is 2.87. The largest absolute Gasteiger partial charge is 0.481 e. The van der Waals surface area contributed by atoms with E-state index >= 15 is 0 Å². The molecule has 2 aliphatic heterocycles. The minimum atomic E-state index is -0.767. The summed E-state index contributed by atoms with van der Waals surface area (Å²) in [6.07, 6.45) is 1.04. The lowest BCUT2D eigenvalue weighted by atomic mass is 9.80. The van der Waals surface area contributed by atoms with Crippen LogP contribution in [0.25, 0.3) is 0 Å². The minimum absolute atomic E-state index is 0.0697. The Balaban J connectivity index is 1.94. The van der Waals surface area contributed by atoms with Crippen LogP contribution in [0, 0.1) is 11.3 Å². The standard InChI is InChI=1S/C13H22N2O4/c1-13(12(17)18)3-5-15(6-4-13)11(16)9-7-19-8-10(9)14-2/h9-10,14H,3-8H2,1-2H3,(H,17,18). The average molecular weight is 270 g/mol. The lowest BCUT2D eigenvalue weighted by Crippen LogP contribution is -2.50. The Morgan fingerprint density at radius 3 is 2.47 bits per heavy atom. The van der Waals surface area contributed by atoms with Gasteiger partial charge in [0.15, 0.2) is 0 Å². The zero-order chi connectivity index (χ0) is 14.0. The van der Waals surface area contributed by atoms with Crippen LogP contribution in [-0.2, 0) is 14.3 Å². The van der Waals surface area contributed by atoms with E-state index in [1.807, 2.05) is 7.05 Å². The van der Waals surface area contributed by atoms with Crippen LogP contribution in [0.3, 0.4) is 0 Å². The molecule has 0 radical (unpaired) electrons. The molecule has 2 rings (SSSR count). The van der Waals surface area contributed by atoms with Crippen LogP contribution in [0.15, 0.2) is 0 Å². The minimum Gasteiger partial charge on any atom is -0.481 e. The lowest BCUT2D eigenvalue weighted by Gasteiger charge is -2.37. The molecule has 0 aliphatic carbocycles. The van der Waals surface area contributed by atoms with Crippen molar-refractivity contribution in [3.05, 3.63) is 0 Å². The number of hydrogen-bond acceptors (Lipinski definition) is 4. The van der Waals surface area contributed by atoms with E-state index in [4.69, 9.17) is 4.74 Å². The number of carboxylic acids is 1. The number of carbonyl (C=O) groups excluding carboxylic acids is 1. The van der Waals surface area contributed by atoms with Gasteiger partial charge in [0, 0.05) is 19.1 Å². The lowest BCUT2D eigenvalue weighted by molar-refractivity contribution is -0.153. The van der Waals surface area contributed by atoms with Gasteiger partial charge >= 0.3 is 5.97 Å². The highest BCUT2D eigenvalue weighted by atomic mass is 16.5. The molecular formula is C13H22N2O4. The van der Waals surface area contributed by atoms with Gasteiger partial charge in [0.05, 0.1) is 24.5 Å². The van der Waals surface area contributed by atoms with E-state index in [2.05, 4.69) is 5.32 Å². The summed E-state index contributed by atoms with van der Waals surface area (Å²) in [4.78, 5) is 25.4. The van der Waals surface area contributed by atoms with E-state index in [0.29, 0.717) is 39.1 Å². The van der Waals surface area contributed by atoms with Crippen LogP contribution >= 0.6 is 0 Å². The van der Waals surface area contributed by atoms with Gasteiger partial charge in [-0.1, -0.05) is 0 Å². The molecule has 2 N–H and O–H groups in total. The van der Waals surface area contributed by atoms with Gasteiger partial charge in [0.2, 0.25) is 5.91 Å². The summed E-state index contributed by atoms with van der Waals surface area (Å²) in [6, 6.07) is 0.0697. The second-order valence-electron chi connectivity index (χ2n) is 5.73. The third kappa shape index (κ3) is 2.74. The number of amides is 1. The molecule has 0 saturated carbocycles. The van der Waals surface area contributed by atoms with Gasteiger partial charge in [-0.15, -0.1) is 0 Å². The van der Waals surface area contributed by atoms with Crippen molar-refractivity contribution in [2.24, 2.45) is 11.3 Å². The molecular weight excluding hydrogens is 248 g/mol. The Labute approximate surface area is 113 Å². The zero-order valence-corrected chi connectivity index (χ0v) is 11.5. The molecule has 2 fully saturated rings. The third-order valence-electron chi connectivity index (χ3n) is 4.46. The van der Waals surface area contributed by atoms with E-state index in [1.54, 1.807) is 11.8 Å². The molecule has 0 aromatic rings. The van der Waals surface area contributed by atoms with Crippen molar-refractivity contribution < 1.29 is 19.4 Å². The van der Waals surface area contributed by atoms with Crippen LogP contribution in [0.5, 0.6) is 0 Å². The number of ether oxygens (including phenoxy) is 1. The van der Waals surface area contributed by atoms with Crippen molar-refractivity contribution in [3.8, 4) is 0 Å². The monoisotopic (exact) mass is 270 g/mol. The highest BCUT2D eigenvalue weighted by molar-refractivity contribution is 5.81. The van der Waals surface area contributed by atoms with Gasteiger partial charge in [0.1, 0.15) is 0 Å². The molecule has 0 spiro atoms. The first kappa shape index (κ1) is 14.3. The first-order valence-electron chi connectivity index (χ1n) is 6.75. The fraction of sp³-hybridized carbons (Fsp3) is 0.846. The Hall–Kier alpha value is -1.14. The number of likely N-dealkylation sites (N-methyl/N-ethyl adjacent to an activating group) is 1. The molecule has 1 amide bonds. The van der Waals surface area contributed by atoms with Gasteiger partial charge in [-0.25, -0.2) is 0 Å². The summed E-state index contributed by atoms with van der Waals surface area (Å²) in [5.74, 6) is -0.819. The van der Waals surface area contributed by atoms with Gasteiger partial charge in [0.25, 0.3) is 0 Å². The first-order chi connectivity index (χ1) is 8.98. The number of nitrogens with one attached hydrogen (secondary N) is 1. The number of nitrogens with zero attached hydrogens (tertiary/aromatic N) is 1.